The standard InChI is InChI=1S/C20H21N3O6S/c1-26-14-9-6-10-15(27-2)18(14)30(24,25)23-19-17-16(28-3)11-13(12-7-4-5-8-12)21-20(17)29-22-19/h6-7,9-11H,4-5,8H2,1-3H3,(H,22,23). The van der Waals surface area contributed by atoms with Gasteiger partial charge in [0.2, 0.25) is 0 Å². The Morgan fingerprint density at radius 3 is 2.37 bits per heavy atom. The molecule has 9 nitrogen and oxygen atoms in total. The number of nitrogens with one attached hydrogen (secondary N) is 1. The molecule has 3 aromatic rings. The van der Waals surface area contributed by atoms with E-state index in [2.05, 4.69) is 20.9 Å². The van der Waals surface area contributed by atoms with Crippen LogP contribution in [0.25, 0.3) is 16.7 Å². The van der Waals surface area contributed by atoms with Crippen LogP contribution in [-0.4, -0.2) is 39.9 Å². The Labute approximate surface area is 173 Å². The molecule has 10 heteroatoms. The maximum atomic E-state index is 13.2. The predicted molar refractivity (Wildman–Crippen MR) is 111 cm³/mol. The molecule has 0 amide bonds. The summed E-state index contributed by atoms with van der Waals surface area (Å²) in [5.74, 6) is 0.647. The van der Waals surface area contributed by atoms with Crippen LogP contribution in [0.4, 0.5) is 5.82 Å². The lowest BCUT2D eigenvalue weighted by Gasteiger charge is -2.14. The van der Waals surface area contributed by atoms with E-state index in [0.29, 0.717) is 11.1 Å². The largest absolute Gasteiger partial charge is 0.496 e. The summed E-state index contributed by atoms with van der Waals surface area (Å²) in [6.45, 7) is 0. The van der Waals surface area contributed by atoms with E-state index in [1.165, 1.54) is 33.5 Å². The quantitative estimate of drug-likeness (QED) is 0.604. The summed E-state index contributed by atoms with van der Waals surface area (Å²) >= 11 is 0. The number of sulfonamides is 1. The van der Waals surface area contributed by atoms with Gasteiger partial charge in [0, 0.05) is 6.07 Å². The summed E-state index contributed by atoms with van der Waals surface area (Å²) in [5, 5.41) is 4.22. The molecule has 1 aliphatic carbocycles. The summed E-state index contributed by atoms with van der Waals surface area (Å²) in [4.78, 5) is 4.35. The van der Waals surface area contributed by atoms with Crippen LogP contribution in [0.15, 0.2) is 39.8 Å². The molecule has 158 valence electrons. The Kier molecular flexibility index (Phi) is 5.25. The van der Waals surface area contributed by atoms with Gasteiger partial charge >= 0.3 is 0 Å². The van der Waals surface area contributed by atoms with Gasteiger partial charge in [-0.05, 0) is 37.0 Å². The fourth-order valence-corrected chi connectivity index (χ4v) is 4.81. The third-order valence-electron chi connectivity index (χ3n) is 4.88. The highest BCUT2D eigenvalue weighted by atomic mass is 32.2. The number of allylic oxidation sites excluding steroid dienone is 2. The summed E-state index contributed by atoms with van der Waals surface area (Å²) in [6, 6.07) is 6.45. The minimum Gasteiger partial charge on any atom is -0.496 e. The first-order valence-corrected chi connectivity index (χ1v) is 10.7. The number of pyridine rings is 1. The maximum Gasteiger partial charge on any atom is 0.270 e. The SMILES string of the molecule is COc1cccc(OC)c1S(=O)(=O)Nc1noc2nc(C3=CCCC3)cc(OC)c12. The van der Waals surface area contributed by atoms with Crippen molar-refractivity contribution in [2.45, 2.75) is 24.2 Å². The van der Waals surface area contributed by atoms with Crippen molar-refractivity contribution < 1.29 is 27.2 Å². The van der Waals surface area contributed by atoms with Crippen LogP contribution < -0.4 is 18.9 Å². The van der Waals surface area contributed by atoms with Crippen LogP contribution in [0.3, 0.4) is 0 Å². The predicted octanol–water partition coefficient (Wildman–Crippen LogP) is 3.62. The van der Waals surface area contributed by atoms with Crippen LogP contribution in [0.1, 0.15) is 25.0 Å². The van der Waals surface area contributed by atoms with Crippen molar-refractivity contribution in [3.63, 3.8) is 0 Å². The zero-order chi connectivity index (χ0) is 21.3. The van der Waals surface area contributed by atoms with Crippen molar-refractivity contribution in [2.75, 3.05) is 26.1 Å². The lowest BCUT2D eigenvalue weighted by atomic mass is 10.1. The summed E-state index contributed by atoms with van der Waals surface area (Å²) in [7, 11) is 0.129. The van der Waals surface area contributed by atoms with E-state index in [1.54, 1.807) is 12.1 Å². The third-order valence-corrected chi connectivity index (χ3v) is 6.28. The van der Waals surface area contributed by atoms with E-state index >= 15 is 0 Å². The second kappa shape index (κ2) is 7.86. The van der Waals surface area contributed by atoms with E-state index in [4.69, 9.17) is 18.7 Å². The fraction of sp³-hybridized carbons (Fsp3) is 0.300. The molecule has 0 saturated carbocycles. The highest BCUT2D eigenvalue weighted by molar-refractivity contribution is 7.93. The minimum absolute atomic E-state index is 0.0331. The van der Waals surface area contributed by atoms with Gasteiger partial charge in [0.05, 0.1) is 27.0 Å². The molecule has 0 unspecified atom stereocenters. The second-order valence-electron chi connectivity index (χ2n) is 6.64. The molecule has 0 saturated heterocycles. The Morgan fingerprint density at radius 2 is 1.77 bits per heavy atom. The molecule has 1 aromatic carbocycles. The lowest BCUT2D eigenvalue weighted by molar-refractivity contribution is 0.373. The normalized spacial score (nSPS) is 13.9. The van der Waals surface area contributed by atoms with Crippen LogP contribution >= 0.6 is 0 Å². The summed E-state index contributed by atoms with van der Waals surface area (Å²) in [5.41, 5.74) is 2.02. The van der Waals surface area contributed by atoms with Gasteiger partial charge in [-0.1, -0.05) is 17.3 Å². The molecular formula is C20H21N3O6S. The molecule has 1 N–H and O–H groups in total. The van der Waals surface area contributed by atoms with Crippen molar-refractivity contribution in [1.29, 1.82) is 0 Å². The molecule has 2 heterocycles. The Balaban J connectivity index is 1.80. The topological polar surface area (TPSA) is 113 Å². The number of benzene rings is 1. The van der Waals surface area contributed by atoms with Gasteiger partial charge in [0.15, 0.2) is 10.7 Å². The van der Waals surface area contributed by atoms with Gasteiger partial charge in [0.1, 0.15) is 22.6 Å². The molecule has 4 rings (SSSR count). The highest BCUT2D eigenvalue weighted by Crippen LogP contribution is 2.38. The van der Waals surface area contributed by atoms with E-state index in [1.807, 2.05) is 0 Å². The molecule has 1 aliphatic rings. The van der Waals surface area contributed by atoms with Gasteiger partial charge in [0.25, 0.3) is 15.7 Å². The number of rotatable bonds is 7. The first kappa shape index (κ1) is 20.0. The Bertz CT molecular complexity index is 1210. The molecule has 0 bridgehead atoms. The van der Waals surface area contributed by atoms with Crippen molar-refractivity contribution in [1.82, 2.24) is 10.1 Å². The van der Waals surface area contributed by atoms with Crippen molar-refractivity contribution in [2.24, 2.45) is 0 Å². The molecule has 30 heavy (non-hydrogen) atoms. The number of ether oxygens (including phenoxy) is 3. The maximum absolute atomic E-state index is 13.2. The van der Waals surface area contributed by atoms with Crippen LogP contribution in [0.5, 0.6) is 17.2 Å². The van der Waals surface area contributed by atoms with Crippen LogP contribution in [-0.2, 0) is 10.0 Å². The first-order valence-electron chi connectivity index (χ1n) is 9.26. The second-order valence-corrected chi connectivity index (χ2v) is 8.26. The molecular weight excluding hydrogens is 410 g/mol. The van der Waals surface area contributed by atoms with Crippen LogP contribution in [0.2, 0.25) is 0 Å². The first-order chi connectivity index (χ1) is 14.5. The van der Waals surface area contributed by atoms with Gasteiger partial charge in [-0.25, -0.2) is 13.4 Å². The van der Waals surface area contributed by atoms with Crippen molar-refractivity contribution in [3.05, 3.63) is 36.0 Å². The van der Waals surface area contributed by atoms with Crippen molar-refractivity contribution in [3.8, 4) is 17.2 Å². The van der Waals surface area contributed by atoms with E-state index in [0.717, 1.165) is 30.5 Å². The average Bonchev–Trinajstić information content (AvgIpc) is 3.42. The average molecular weight is 431 g/mol. The lowest BCUT2D eigenvalue weighted by Crippen LogP contribution is -2.15. The summed E-state index contributed by atoms with van der Waals surface area (Å²) < 4.78 is 50.0. The number of hydrogen-bond acceptors (Lipinski definition) is 8. The molecule has 0 aliphatic heterocycles. The molecule has 0 atom stereocenters. The van der Waals surface area contributed by atoms with Gasteiger partial charge in [-0.3, -0.25) is 4.72 Å². The number of methoxy groups -OCH3 is 3. The van der Waals surface area contributed by atoms with E-state index in [-0.39, 0.29) is 27.9 Å². The fourth-order valence-electron chi connectivity index (χ4n) is 3.48. The molecule has 0 radical (unpaired) electrons. The molecule has 0 spiro atoms. The van der Waals surface area contributed by atoms with Gasteiger partial charge < -0.3 is 18.7 Å². The number of hydrogen-bond donors (Lipinski definition) is 1. The molecule has 2 aromatic heterocycles. The van der Waals surface area contributed by atoms with Crippen molar-refractivity contribution >= 4 is 32.5 Å². The van der Waals surface area contributed by atoms with Gasteiger partial charge in [-0.15, -0.1) is 0 Å². The van der Waals surface area contributed by atoms with Crippen LogP contribution in [0, 0.1) is 0 Å². The Morgan fingerprint density at radius 1 is 1.07 bits per heavy atom. The zero-order valence-corrected chi connectivity index (χ0v) is 17.6. The monoisotopic (exact) mass is 431 g/mol. The number of aromatic nitrogens is 2. The minimum atomic E-state index is -4.13. The third kappa shape index (κ3) is 3.43. The summed E-state index contributed by atoms with van der Waals surface area (Å²) in [6.07, 6.45) is 5.11. The van der Waals surface area contributed by atoms with E-state index in [9.17, 15) is 8.42 Å². The smallest absolute Gasteiger partial charge is 0.270 e. The number of fused-ring (bicyclic) bond motifs is 1. The highest BCUT2D eigenvalue weighted by Gasteiger charge is 2.28. The molecule has 0 fully saturated rings. The Hall–Kier alpha value is -3.27. The van der Waals surface area contributed by atoms with E-state index < -0.39 is 10.0 Å². The number of anilines is 1. The van der Waals surface area contributed by atoms with Gasteiger partial charge in [-0.2, -0.15) is 0 Å². The zero-order valence-electron chi connectivity index (χ0n) is 16.8. The number of nitrogens with zero attached hydrogens (tertiary/aromatic N) is 2.